The summed E-state index contributed by atoms with van der Waals surface area (Å²) in [6.07, 6.45) is 0. The molecular formula is C22H28FN5O4S. The fourth-order valence-corrected chi connectivity index (χ4v) is 6.04. The normalized spacial score (nSPS) is 20.8. The van der Waals surface area contributed by atoms with E-state index in [1.165, 1.54) is 0 Å². The van der Waals surface area contributed by atoms with E-state index >= 15 is 0 Å². The second kappa shape index (κ2) is 8.86. The summed E-state index contributed by atoms with van der Waals surface area (Å²) in [6, 6.07) is 6.41. The van der Waals surface area contributed by atoms with Crippen molar-refractivity contribution in [2.45, 2.75) is 30.8 Å². The van der Waals surface area contributed by atoms with E-state index in [0.29, 0.717) is 60.5 Å². The first kappa shape index (κ1) is 23.4. The Balaban J connectivity index is 1.74. The third-order valence-corrected chi connectivity index (χ3v) is 8.95. The number of alkyl halides is 1. The number of carbonyl (C=O) groups is 1. The molecule has 0 radical (unpaired) electrons. The highest BCUT2D eigenvalue weighted by Crippen LogP contribution is 2.51. The van der Waals surface area contributed by atoms with Gasteiger partial charge in [0.15, 0.2) is 15.7 Å². The van der Waals surface area contributed by atoms with Crippen LogP contribution in [-0.4, -0.2) is 63.9 Å². The van der Waals surface area contributed by atoms with Crippen LogP contribution in [0.5, 0.6) is 0 Å². The minimum Gasteiger partial charge on any atom is -0.378 e. The van der Waals surface area contributed by atoms with Crippen LogP contribution in [0.1, 0.15) is 37.3 Å². The highest BCUT2D eigenvalue weighted by Gasteiger charge is 2.52. The van der Waals surface area contributed by atoms with Crippen LogP contribution in [0.25, 0.3) is 11.4 Å². The van der Waals surface area contributed by atoms with Gasteiger partial charge in [-0.1, -0.05) is 0 Å². The molecule has 4 rings (SSSR count). The molecule has 0 bridgehead atoms. The van der Waals surface area contributed by atoms with E-state index in [2.05, 4.69) is 15.5 Å². The minimum absolute atomic E-state index is 0.0612. The molecule has 1 saturated heterocycles. The number of carbonyl (C=O) groups excluding carboxylic acids is 1. The summed E-state index contributed by atoms with van der Waals surface area (Å²) in [5, 5.41) is 4.32. The number of nitrogens with zero attached hydrogens (tertiary/aromatic N) is 3. The number of benzene rings is 1. The van der Waals surface area contributed by atoms with Gasteiger partial charge < -0.3 is 20.3 Å². The molecule has 1 atom stereocenters. The number of aromatic nitrogens is 2. The van der Waals surface area contributed by atoms with Gasteiger partial charge in [-0.05, 0) is 45.0 Å². The lowest BCUT2D eigenvalue weighted by molar-refractivity contribution is 0.122. The molecule has 2 aromatic rings. The number of hydrogen-bond acceptors (Lipinski definition) is 7. The summed E-state index contributed by atoms with van der Waals surface area (Å²) in [7, 11) is -3.49. The summed E-state index contributed by atoms with van der Waals surface area (Å²) in [6.45, 7) is 6.70. The topological polar surface area (TPSA) is 114 Å². The zero-order chi connectivity index (χ0) is 23.8. The van der Waals surface area contributed by atoms with Crippen LogP contribution in [0.4, 0.5) is 20.7 Å². The van der Waals surface area contributed by atoms with Crippen molar-refractivity contribution in [2.75, 3.05) is 49.7 Å². The zero-order valence-corrected chi connectivity index (χ0v) is 19.7. The van der Waals surface area contributed by atoms with Crippen LogP contribution in [0.15, 0.2) is 24.3 Å². The van der Waals surface area contributed by atoms with E-state index < -0.39 is 32.5 Å². The highest BCUT2D eigenvalue weighted by atomic mass is 32.2. The Hall–Kier alpha value is -2.79. The molecule has 1 fully saturated rings. The summed E-state index contributed by atoms with van der Waals surface area (Å²) < 4.78 is 42.9. The molecule has 178 valence electrons. The quantitative estimate of drug-likeness (QED) is 0.681. The fourth-order valence-electron chi connectivity index (χ4n) is 4.21. The summed E-state index contributed by atoms with van der Waals surface area (Å²) in [4.78, 5) is 23.3. The molecule has 2 N–H and O–H groups in total. The van der Waals surface area contributed by atoms with Crippen molar-refractivity contribution in [1.82, 2.24) is 15.3 Å². The summed E-state index contributed by atoms with van der Waals surface area (Å²) in [5.74, 6) is 1.05. The number of amides is 2. The van der Waals surface area contributed by atoms with Gasteiger partial charge in [0, 0.05) is 36.4 Å². The van der Waals surface area contributed by atoms with Crippen molar-refractivity contribution < 1.29 is 22.3 Å². The van der Waals surface area contributed by atoms with Crippen molar-refractivity contribution >= 4 is 27.4 Å². The minimum atomic E-state index is -3.49. The highest BCUT2D eigenvalue weighted by molar-refractivity contribution is 7.92. The van der Waals surface area contributed by atoms with E-state index in [-0.39, 0.29) is 6.54 Å². The van der Waals surface area contributed by atoms with Gasteiger partial charge in [-0.25, -0.2) is 27.6 Å². The van der Waals surface area contributed by atoms with Crippen molar-refractivity contribution in [2.24, 2.45) is 0 Å². The average molecular weight is 478 g/mol. The Kier molecular flexibility index (Phi) is 6.28. The molecule has 0 spiro atoms. The Bertz CT molecular complexity index is 1150. The van der Waals surface area contributed by atoms with Crippen molar-refractivity contribution in [1.29, 1.82) is 0 Å². The van der Waals surface area contributed by atoms with E-state index in [4.69, 9.17) is 14.7 Å². The smallest absolute Gasteiger partial charge is 0.319 e. The van der Waals surface area contributed by atoms with Gasteiger partial charge in [-0.3, -0.25) is 0 Å². The predicted molar refractivity (Wildman–Crippen MR) is 124 cm³/mol. The second-order valence-corrected chi connectivity index (χ2v) is 11.4. The SMILES string of the molecule is CC1c2c(N3CCOCC3)nc(-c3ccc(NC(=O)NCCF)cc3)nc2C(C)(C)S1(=O)=O. The Morgan fingerprint density at radius 2 is 1.88 bits per heavy atom. The molecule has 11 heteroatoms. The lowest BCUT2D eigenvalue weighted by Gasteiger charge is -2.30. The number of morpholine rings is 1. The van der Waals surface area contributed by atoms with Gasteiger partial charge in [-0.2, -0.15) is 0 Å². The molecule has 2 aliphatic heterocycles. The van der Waals surface area contributed by atoms with E-state index in [1.807, 2.05) is 0 Å². The predicted octanol–water partition coefficient (Wildman–Crippen LogP) is 2.80. The van der Waals surface area contributed by atoms with Gasteiger partial charge in [0.1, 0.15) is 17.2 Å². The van der Waals surface area contributed by atoms with Crippen LogP contribution >= 0.6 is 0 Å². The molecule has 2 aliphatic rings. The summed E-state index contributed by atoms with van der Waals surface area (Å²) in [5.41, 5.74) is 2.40. The molecule has 1 unspecified atom stereocenters. The molecule has 2 amide bonds. The van der Waals surface area contributed by atoms with E-state index in [9.17, 15) is 17.6 Å². The Morgan fingerprint density at radius 3 is 2.52 bits per heavy atom. The van der Waals surface area contributed by atoms with Crippen LogP contribution in [0, 0.1) is 0 Å². The maximum absolute atomic E-state index is 13.2. The lowest BCUT2D eigenvalue weighted by atomic mass is 10.0. The first-order valence-electron chi connectivity index (χ1n) is 10.9. The van der Waals surface area contributed by atoms with Crippen LogP contribution in [0.3, 0.4) is 0 Å². The van der Waals surface area contributed by atoms with Gasteiger partial charge in [0.25, 0.3) is 0 Å². The maximum Gasteiger partial charge on any atom is 0.319 e. The van der Waals surface area contributed by atoms with E-state index in [1.54, 1.807) is 45.0 Å². The number of nitrogens with one attached hydrogen (secondary N) is 2. The number of hydrogen-bond donors (Lipinski definition) is 2. The number of sulfone groups is 1. The Morgan fingerprint density at radius 1 is 1.21 bits per heavy atom. The molecule has 33 heavy (non-hydrogen) atoms. The van der Waals surface area contributed by atoms with Gasteiger partial charge >= 0.3 is 6.03 Å². The third-order valence-electron chi connectivity index (χ3n) is 6.17. The monoisotopic (exact) mass is 477 g/mol. The lowest BCUT2D eigenvalue weighted by Crippen LogP contribution is -2.37. The van der Waals surface area contributed by atoms with Crippen LogP contribution < -0.4 is 15.5 Å². The number of ether oxygens (including phenoxy) is 1. The fraction of sp³-hybridized carbons (Fsp3) is 0.500. The van der Waals surface area contributed by atoms with Gasteiger partial charge in [0.2, 0.25) is 0 Å². The zero-order valence-electron chi connectivity index (χ0n) is 18.9. The second-order valence-electron chi connectivity index (χ2n) is 8.58. The molecule has 9 nitrogen and oxygen atoms in total. The number of rotatable bonds is 5. The maximum atomic E-state index is 13.2. The van der Waals surface area contributed by atoms with Crippen LogP contribution in [-0.2, 0) is 19.3 Å². The van der Waals surface area contributed by atoms with Crippen LogP contribution in [0.2, 0.25) is 0 Å². The molecule has 3 heterocycles. The number of halogens is 1. The van der Waals surface area contributed by atoms with Gasteiger partial charge in [0.05, 0.1) is 24.2 Å². The Labute approximate surface area is 192 Å². The van der Waals surface area contributed by atoms with Crippen molar-refractivity contribution in [3.63, 3.8) is 0 Å². The number of anilines is 2. The molecule has 1 aromatic heterocycles. The molecule has 0 aliphatic carbocycles. The molecule has 1 aromatic carbocycles. The first-order chi connectivity index (χ1) is 15.7. The standard InChI is InChI=1S/C22H28FN5O4S/c1-14-17-18(22(2,3)33(14,30)31)26-19(27-20(17)28-10-12-32-13-11-28)15-4-6-16(7-5-15)25-21(29)24-9-8-23/h4-7,14H,8-13H2,1-3H3,(H2,24,25,29). The van der Waals surface area contributed by atoms with Crippen molar-refractivity contribution in [3.8, 4) is 11.4 Å². The third kappa shape index (κ3) is 4.15. The number of urea groups is 1. The van der Waals surface area contributed by atoms with Crippen molar-refractivity contribution in [3.05, 3.63) is 35.5 Å². The molecular weight excluding hydrogens is 449 g/mol. The van der Waals surface area contributed by atoms with E-state index in [0.717, 1.165) is 0 Å². The summed E-state index contributed by atoms with van der Waals surface area (Å²) >= 11 is 0. The molecule has 0 saturated carbocycles. The van der Waals surface area contributed by atoms with Gasteiger partial charge in [-0.15, -0.1) is 0 Å². The average Bonchev–Trinajstić information content (AvgIpc) is 2.95. The first-order valence-corrected chi connectivity index (χ1v) is 12.4. The largest absolute Gasteiger partial charge is 0.378 e. The number of fused-ring (bicyclic) bond motifs is 1.